The molecule has 0 aliphatic heterocycles. The van der Waals surface area contributed by atoms with Crippen molar-refractivity contribution in [1.82, 2.24) is 4.98 Å². The summed E-state index contributed by atoms with van der Waals surface area (Å²) in [4.78, 5) is 18.5. The summed E-state index contributed by atoms with van der Waals surface area (Å²) in [5, 5.41) is 10.2. The van der Waals surface area contributed by atoms with Crippen molar-refractivity contribution in [3.8, 4) is 11.3 Å². The average molecular weight is 382 g/mol. The molecule has 0 fully saturated rings. The number of aromatic nitrogens is 1. The first-order valence-corrected chi connectivity index (χ1v) is 9.60. The summed E-state index contributed by atoms with van der Waals surface area (Å²) in [6.45, 7) is 0.829. The number of fused-ring (bicyclic) bond motifs is 1. The first-order valence-electron chi connectivity index (χ1n) is 9.60. The normalized spacial score (nSPS) is 10.8. The van der Waals surface area contributed by atoms with Gasteiger partial charge < -0.3 is 10.0 Å². The lowest BCUT2D eigenvalue weighted by molar-refractivity contribution is 0.0697. The van der Waals surface area contributed by atoms with E-state index in [0.29, 0.717) is 0 Å². The van der Waals surface area contributed by atoms with Crippen LogP contribution in [-0.4, -0.2) is 29.7 Å². The maximum Gasteiger partial charge on any atom is 0.335 e. The number of hydrogen-bond acceptors (Lipinski definition) is 3. The van der Waals surface area contributed by atoms with E-state index in [1.54, 1.807) is 18.2 Å². The van der Waals surface area contributed by atoms with E-state index in [0.717, 1.165) is 40.8 Å². The van der Waals surface area contributed by atoms with Crippen LogP contribution in [0.1, 0.15) is 15.9 Å². The molecule has 4 rings (SSSR count). The molecule has 0 saturated carbocycles. The largest absolute Gasteiger partial charge is 0.478 e. The van der Waals surface area contributed by atoms with Crippen LogP contribution in [0, 0.1) is 0 Å². The Morgan fingerprint density at radius 3 is 2.31 bits per heavy atom. The van der Waals surface area contributed by atoms with E-state index in [-0.39, 0.29) is 5.56 Å². The minimum atomic E-state index is -0.932. The molecule has 0 aliphatic rings. The second kappa shape index (κ2) is 8.15. The predicted octanol–water partition coefficient (Wildman–Crippen LogP) is 5.28. The number of carboxylic acid groups (broad SMARTS) is 1. The number of rotatable bonds is 6. The topological polar surface area (TPSA) is 53.4 Å². The highest BCUT2D eigenvalue weighted by Gasteiger charge is 2.14. The maximum absolute atomic E-state index is 11.4. The van der Waals surface area contributed by atoms with Gasteiger partial charge in [0.25, 0.3) is 0 Å². The third-order valence-electron chi connectivity index (χ3n) is 5.08. The minimum Gasteiger partial charge on any atom is -0.478 e. The van der Waals surface area contributed by atoms with Crippen LogP contribution in [0.2, 0.25) is 0 Å². The van der Waals surface area contributed by atoms with E-state index in [2.05, 4.69) is 36.2 Å². The number of hydrogen-bond donors (Lipinski definition) is 1. The van der Waals surface area contributed by atoms with Crippen molar-refractivity contribution < 1.29 is 9.90 Å². The van der Waals surface area contributed by atoms with E-state index in [1.807, 2.05) is 42.5 Å². The van der Waals surface area contributed by atoms with E-state index < -0.39 is 5.97 Å². The van der Waals surface area contributed by atoms with Crippen molar-refractivity contribution in [1.29, 1.82) is 0 Å². The Hall–Kier alpha value is -3.66. The van der Waals surface area contributed by atoms with Crippen LogP contribution >= 0.6 is 0 Å². The zero-order chi connectivity index (χ0) is 20.2. The lowest BCUT2D eigenvalue weighted by Gasteiger charge is -2.23. The fourth-order valence-corrected chi connectivity index (χ4v) is 3.46. The number of likely N-dealkylation sites (N-methyl/N-ethyl adjacent to an activating group) is 1. The van der Waals surface area contributed by atoms with Crippen LogP contribution in [-0.2, 0) is 6.42 Å². The molecule has 0 radical (unpaired) electrons. The van der Waals surface area contributed by atoms with Crippen molar-refractivity contribution in [2.24, 2.45) is 0 Å². The van der Waals surface area contributed by atoms with Gasteiger partial charge in [-0.05, 0) is 36.2 Å². The summed E-state index contributed by atoms with van der Waals surface area (Å²) in [6, 6.07) is 27.6. The molecular formula is C25H22N2O2. The molecule has 0 bridgehead atoms. The number of anilines is 1. The zero-order valence-corrected chi connectivity index (χ0v) is 16.2. The van der Waals surface area contributed by atoms with Gasteiger partial charge >= 0.3 is 5.97 Å². The average Bonchev–Trinajstić information content (AvgIpc) is 2.77. The summed E-state index contributed by atoms with van der Waals surface area (Å²) in [5.74, 6) is -0.932. The van der Waals surface area contributed by atoms with Gasteiger partial charge in [-0.25, -0.2) is 9.78 Å². The molecule has 0 atom stereocenters. The molecular weight excluding hydrogens is 360 g/mol. The van der Waals surface area contributed by atoms with Crippen LogP contribution in [0.15, 0.2) is 84.9 Å². The second-order valence-electron chi connectivity index (χ2n) is 7.09. The zero-order valence-electron chi connectivity index (χ0n) is 16.2. The van der Waals surface area contributed by atoms with Crippen molar-refractivity contribution in [2.45, 2.75) is 6.42 Å². The van der Waals surface area contributed by atoms with Crippen molar-refractivity contribution >= 4 is 22.6 Å². The number of carbonyl (C=O) groups is 1. The quantitative estimate of drug-likeness (QED) is 0.493. The Bertz CT molecular complexity index is 1140. The molecule has 1 aromatic heterocycles. The highest BCUT2D eigenvalue weighted by molar-refractivity contribution is 5.96. The number of aromatic carboxylic acids is 1. The molecule has 1 N–H and O–H groups in total. The molecule has 29 heavy (non-hydrogen) atoms. The maximum atomic E-state index is 11.4. The molecule has 4 nitrogen and oxygen atoms in total. The van der Waals surface area contributed by atoms with Crippen LogP contribution in [0.4, 0.5) is 5.69 Å². The molecule has 0 unspecified atom stereocenters. The Balaban J connectivity index is 1.76. The van der Waals surface area contributed by atoms with E-state index in [9.17, 15) is 9.90 Å². The Morgan fingerprint density at radius 2 is 1.62 bits per heavy atom. The lowest BCUT2D eigenvalue weighted by atomic mass is 10.0. The third kappa shape index (κ3) is 4.11. The highest BCUT2D eigenvalue weighted by atomic mass is 16.4. The van der Waals surface area contributed by atoms with Gasteiger partial charge in [-0.1, -0.05) is 60.7 Å². The standard InChI is InChI=1S/C25H22N2O2/c1-27(15-14-18-8-4-2-5-9-18)23-17-21-16-20(25(28)29)12-13-22(21)26-24(23)19-10-6-3-7-11-19/h2-13,16-17H,14-15H2,1H3,(H,28,29). The van der Waals surface area contributed by atoms with Crippen molar-refractivity contribution in [3.05, 3.63) is 96.1 Å². The summed E-state index contributed by atoms with van der Waals surface area (Å²) in [5.41, 5.74) is 5.26. The predicted molar refractivity (Wildman–Crippen MR) is 118 cm³/mol. The van der Waals surface area contributed by atoms with Gasteiger partial charge in [-0.15, -0.1) is 0 Å². The van der Waals surface area contributed by atoms with Crippen molar-refractivity contribution in [2.75, 3.05) is 18.5 Å². The smallest absolute Gasteiger partial charge is 0.335 e. The highest BCUT2D eigenvalue weighted by Crippen LogP contribution is 2.32. The summed E-state index contributed by atoms with van der Waals surface area (Å²) < 4.78 is 0. The molecule has 1 heterocycles. The Morgan fingerprint density at radius 1 is 0.931 bits per heavy atom. The first-order chi connectivity index (χ1) is 14.1. The molecule has 0 aliphatic carbocycles. The number of pyridine rings is 1. The third-order valence-corrected chi connectivity index (χ3v) is 5.08. The molecule has 4 heteroatoms. The number of carboxylic acids is 1. The monoisotopic (exact) mass is 382 g/mol. The fourth-order valence-electron chi connectivity index (χ4n) is 3.46. The molecule has 0 amide bonds. The molecule has 0 saturated heterocycles. The van der Waals surface area contributed by atoms with Gasteiger partial charge in [0.15, 0.2) is 0 Å². The molecule has 3 aromatic carbocycles. The van der Waals surface area contributed by atoms with Gasteiger partial charge in [0, 0.05) is 24.5 Å². The first kappa shape index (κ1) is 18.7. The van der Waals surface area contributed by atoms with Crippen LogP contribution in [0.5, 0.6) is 0 Å². The van der Waals surface area contributed by atoms with E-state index in [4.69, 9.17) is 4.98 Å². The number of benzene rings is 3. The van der Waals surface area contributed by atoms with Crippen LogP contribution in [0.25, 0.3) is 22.2 Å². The SMILES string of the molecule is CN(CCc1ccccc1)c1cc2cc(C(=O)O)ccc2nc1-c1ccccc1. The lowest BCUT2D eigenvalue weighted by Crippen LogP contribution is -2.21. The van der Waals surface area contributed by atoms with Gasteiger partial charge in [-0.2, -0.15) is 0 Å². The minimum absolute atomic E-state index is 0.268. The summed E-state index contributed by atoms with van der Waals surface area (Å²) in [7, 11) is 2.05. The van der Waals surface area contributed by atoms with E-state index >= 15 is 0 Å². The van der Waals surface area contributed by atoms with Gasteiger partial charge in [0.05, 0.1) is 22.5 Å². The Labute approximate surface area is 170 Å². The van der Waals surface area contributed by atoms with Gasteiger partial charge in [-0.3, -0.25) is 0 Å². The number of nitrogens with zero attached hydrogens (tertiary/aromatic N) is 2. The van der Waals surface area contributed by atoms with Gasteiger partial charge in [0.1, 0.15) is 0 Å². The molecule has 0 spiro atoms. The van der Waals surface area contributed by atoms with Crippen LogP contribution in [0.3, 0.4) is 0 Å². The van der Waals surface area contributed by atoms with Crippen molar-refractivity contribution in [3.63, 3.8) is 0 Å². The van der Waals surface area contributed by atoms with Crippen LogP contribution < -0.4 is 4.90 Å². The second-order valence-corrected chi connectivity index (χ2v) is 7.09. The summed E-state index contributed by atoms with van der Waals surface area (Å²) >= 11 is 0. The van der Waals surface area contributed by atoms with E-state index in [1.165, 1.54) is 5.56 Å². The summed E-state index contributed by atoms with van der Waals surface area (Å²) in [6.07, 6.45) is 0.915. The van der Waals surface area contributed by atoms with Gasteiger partial charge in [0.2, 0.25) is 0 Å². The fraction of sp³-hybridized carbons (Fsp3) is 0.120. The molecule has 144 valence electrons. The Kier molecular flexibility index (Phi) is 5.25. The molecule has 4 aromatic rings.